The van der Waals surface area contributed by atoms with Gasteiger partial charge in [0.05, 0.1) is 0 Å². The molecule has 1 aromatic rings. The Morgan fingerprint density at radius 3 is 2.53 bits per heavy atom. The first-order valence-electron chi connectivity index (χ1n) is 6.45. The molecular weight excluding hydrogens is 348 g/mol. The Bertz CT molecular complexity index is 560. The maximum atomic E-state index is 12.6. The van der Waals surface area contributed by atoms with Crippen LogP contribution in [0.15, 0.2) is 20.1 Å². The standard InChI is InChI=1S/C12H17BrN2O2S2/c1-15(10-6-8-2-3-9(7-10)14-8)19(16,17)12-11(13)4-5-18-12/h4-5,8-10,14H,2-3,6-7H2,1H3. The lowest BCUT2D eigenvalue weighted by molar-refractivity contribution is 0.251. The van der Waals surface area contributed by atoms with Crippen LogP contribution >= 0.6 is 27.3 Å². The van der Waals surface area contributed by atoms with Crippen molar-refractivity contribution in [1.82, 2.24) is 9.62 Å². The summed E-state index contributed by atoms with van der Waals surface area (Å²) in [5, 5.41) is 5.35. The average molecular weight is 365 g/mol. The molecule has 2 saturated heterocycles. The molecule has 7 heteroatoms. The van der Waals surface area contributed by atoms with E-state index in [1.54, 1.807) is 22.8 Å². The largest absolute Gasteiger partial charge is 0.311 e. The third-order valence-electron chi connectivity index (χ3n) is 4.16. The van der Waals surface area contributed by atoms with Crippen molar-refractivity contribution in [2.24, 2.45) is 0 Å². The van der Waals surface area contributed by atoms with Crippen molar-refractivity contribution in [1.29, 1.82) is 0 Å². The molecule has 2 aliphatic rings. The van der Waals surface area contributed by atoms with Crippen LogP contribution in [0.25, 0.3) is 0 Å². The van der Waals surface area contributed by atoms with Gasteiger partial charge in [0.15, 0.2) is 0 Å². The number of hydrogen-bond acceptors (Lipinski definition) is 4. The Balaban J connectivity index is 1.84. The summed E-state index contributed by atoms with van der Waals surface area (Å²) in [7, 11) is -1.65. The lowest BCUT2D eigenvalue weighted by Crippen LogP contribution is -2.48. The van der Waals surface area contributed by atoms with Gasteiger partial charge in [-0.3, -0.25) is 0 Å². The molecule has 0 radical (unpaired) electrons. The van der Waals surface area contributed by atoms with Crippen molar-refractivity contribution in [2.75, 3.05) is 7.05 Å². The average Bonchev–Trinajstić information content (AvgIpc) is 2.94. The molecule has 3 heterocycles. The van der Waals surface area contributed by atoms with Crippen LogP contribution in [0.4, 0.5) is 0 Å². The molecule has 0 aliphatic carbocycles. The lowest BCUT2D eigenvalue weighted by atomic mass is 10.0. The highest BCUT2D eigenvalue weighted by atomic mass is 79.9. The number of halogens is 1. The molecular formula is C12H17BrN2O2S2. The predicted molar refractivity (Wildman–Crippen MR) is 79.9 cm³/mol. The fourth-order valence-corrected chi connectivity index (χ4v) is 6.97. The van der Waals surface area contributed by atoms with E-state index in [0.717, 1.165) is 12.8 Å². The zero-order valence-electron chi connectivity index (χ0n) is 10.7. The molecule has 3 rings (SSSR count). The highest BCUT2D eigenvalue weighted by Crippen LogP contribution is 2.35. The van der Waals surface area contributed by atoms with Gasteiger partial charge in [-0.05, 0) is 53.1 Å². The van der Waals surface area contributed by atoms with Gasteiger partial charge in [0.25, 0.3) is 10.0 Å². The van der Waals surface area contributed by atoms with E-state index in [9.17, 15) is 8.42 Å². The lowest BCUT2D eigenvalue weighted by Gasteiger charge is -2.34. The summed E-state index contributed by atoms with van der Waals surface area (Å²) < 4.78 is 27.9. The molecule has 19 heavy (non-hydrogen) atoms. The van der Waals surface area contributed by atoms with Crippen molar-refractivity contribution < 1.29 is 8.42 Å². The first kappa shape index (κ1) is 14.0. The molecule has 0 aromatic carbocycles. The molecule has 2 atom stereocenters. The summed E-state index contributed by atoms with van der Waals surface area (Å²) in [5.41, 5.74) is 0. The summed E-state index contributed by atoms with van der Waals surface area (Å²) in [5.74, 6) is 0. The van der Waals surface area contributed by atoms with Gasteiger partial charge in [-0.2, -0.15) is 4.31 Å². The monoisotopic (exact) mass is 364 g/mol. The van der Waals surface area contributed by atoms with E-state index in [2.05, 4.69) is 21.2 Å². The molecule has 0 saturated carbocycles. The summed E-state index contributed by atoms with van der Waals surface area (Å²) in [6.07, 6.45) is 4.21. The Hall–Kier alpha value is 0.0500. The van der Waals surface area contributed by atoms with Crippen LogP contribution in [0.2, 0.25) is 0 Å². The van der Waals surface area contributed by atoms with Crippen molar-refractivity contribution >= 4 is 37.3 Å². The van der Waals surface area contributed by atoms with Gasteiger partial charge < -0.3 is 5.32 Å². The molecule has 1 N–H and O–H groups in total. The van der Waals surface area contributed by atoms with Crippen LogP contribution in [-0.4, -0.2) is 37.9 Å². The third-order valence-corrected chi connectivity index (χ3v) is 8.72. The van der Waals surface area contributed by atoms with E-state index in [1.165, 1.54) is 24.2 Å². The summed E-state index contributed by atoms with van der Waals surface area (Å²) in [4.78, 5) is 0. The fourth-order valence-electron chi connectivity index (χ4n) is 3.12. The number of rotatable bonds is 3. The van der Waals surface area contributed by atoms with Crippen molar-refractivity contribution in [2.45, 2.75) is 48.0 Å². The highest BCUT2D eigenvalue weighted by molar-refractivity contribution is 9.10. The minimum absolute atomic E-state index is 0.123. The molecule has 0 spiro atoms. The second-order valence-corrected chi connectivity index (χ2v) is 9.30. The minimum atomic E-state index is -3.37. The van der Waals surface area contributed by atoms with E-state index in [1.807, 2.05) is 0 Å². The number of hydrogen-bond donors (Lipinski definition) is 1. The number of fused-ring (bicyclic) bond motifs is 2. The van der Waals surface area contributed by atoms with E-state index < -0.39 is 10.0 Å². The third kappa shape index (κ3) is 2.51. The number of nitrogens with zero attached hydrogens (tertiary/aromatic N) is 1. The van der Waals surface area contributed by atoms with Gasteiger partial charge in [0.2, 0.25) is 0 Å². The topological polar surface area (TPSA) is 49.4 Å². The van der Waals surface area contributed by atoms with Gasteiger partial charge in [-0.1, -0.05) is 0 Å². The van der Waals surface area contributed by atoms with E-state index in [4.69, 9.17) is 0 Å². The van der Waals surface area contributed by atoms with E-state index in [0.29, 0.717) is 20.8 Å². The van der Waals surface area contributed by atoms with Crippen LogP contribution in [0, 0.1) is 0 Å². The van der Waals surface area contributed by atoms with Gasteiger partial charge in [-0.15, -0.1) is 11.3 Å². The zero-order chi connectivity index (χ0) is 13.6. The molecule has 1 aromatic heterocycles. The second-order valence-electron chi connectivity index (χ2n) is 5.34. The molecule has 4 nitrogen and oxygen atoms in total. The first-order valence-corrected chi connectivity index (χ1v) is 9.57. The van der Waals surface area contributed by atoms with Crippen molar-refractivity contribution in [3.05, 3.63) is 15.9 Å². The number of piperidine rings is 1. The molecule has 2 fully saturated rings. The maximum absolute atomic E-state index is 12.6. The molecule has 106 valence electrons. The van der Waals surface area contributed by atoms with Gasteiger partial charge in [-0.25, -0.2) is 8.42 Å². The summed E-state index contributed by atoms with van der Waals surface area (Å²) >= 11 is 4.60. The van der Waals surface area contributed by atoms with E-state index >= 15 is 0 Å². The van der Waals surface area contributed by atoms with Crippen LogP contribution in [0.3, 0.4) is 0 Å². The van der Waals surface area contributed by atoms with Crippen LogP contribution in [0.1, 0.15) is 25.7 Å². The van der Waals surface area contributed by atoms with Gasteiger partial charge >= 0.3 is 0 Å². The molecule has 2 bridgehead atoms. The summed E-state index contributed by atoms with van der Waals surface area (Å²) in [6.45, 7) is 0. The predicted octanol–water partition coefficient (Wildman–Crippen LogP) is 2.41. The van der Waals surface area contributed by atoms with E-state index in [-0.39, 0.29) is 6.04 Å². The molecule has 2 aliphatic heterocycles. The first-order chi connectivity index (χ1) is 8.98. The normalized spacial score (nSPS) is 31.0. The maximum Gasteiger partial charge on any atom is 0.253 e. The Morgan fingerprint density at radius 1 is 1.37 bits per heavy atom. The second kappa shape index (κ2) is 5.11. The molecule has 0 amide bonds. The fraction of sp³-hybridized carbons (Fsp3) is 0.667. The smallest absolute Gasteiger partial charge is 0.253 e. The highest BCUT2D eigenvalue weighted by Gasteiger charge is 2.39. The summed E-state index contributed by atoms with van der Waals surface area (Å²) in [6, 6.07) is 2.90. The molecule has 2 unspecified atom stereocenters. The van der Waals surface area contributed by atoms with Crippen LogP contribution in [0.5, 0.6) is 0 Å². The van der Waals surface area contributed by atoms with Crippen LogP contribution in [-0.2, 0) is 10.0 Å². The van der Waals surface area contributed by atoms with Crippen LogP contribution < -0.4 is 5.32 Å². The zero-order valence-corrected chi connectivity index (χ0v) is 13.9. The minimum Gasteiger partial charge on any atom is -0.311 e. The van der Waals surface area contributed by atoms with Gasteiger partial charge in [0.1, 0.15) is 4.21 Å². The quantitative estimate of drug-likeness (QED) is 0.895. The number of thiophene rings is 1. The SMILES string of the molecule is CN(C1CC2CCC(C1)N2)S(=O)(=O)c1sccc1Br. The number of sulfonamides is 1. The Kier molecular flexibility index (Phi) is 3.77. The van der Waals surface area contributed by atoms with Gasteiger partial charge in [0, 0.05) is 29.6 Å². The number of nitrogens with one attached hydrogen (secondary N) is 1. The Morgan fingerprint density at radius 2 is 2.00 bits per heavy atom. The van der Waals surface area contributed by atoms with Crippen molar-refractivity contribution in [3.8, 4) is 0 Å². The Labute approximate surface area is 126 Å². The van der Waals surface area contributed by atoms with Crippen molar-refractivity contribution in [3.63, 3.8) is 0 Å².